The Balaban J connectivity index is 2.64. The molecule has 2 nitrogen and oxygen atoms in total. The molecule has 94 valence electrons. The lowest BCUT2D eigenvalue weighted by Gasteiger charge is -2.13. The third kappa shape index (κ3) is 4.51. The number of Topliss-reactive ketones (excluding diaryl/α,β-unsaturated/α-hetero) is 1. The molecule has 1 rings (SSSR count). The minimum absolute atomic E-state index is 0.0185. The summed E-state index contributed by atoms with van der Waals surface area (Å²) in [5.74, 6) is 0.247. The second-order valence-electron chi connectivity index (χ2n) is 3.80. The molecule has 0 heterocycles. The molecule has 0 aliphatic heterocycles. The highest BCUT2D eigenvalue weighted by atomic mass is 35.5. The predicted octanol–water partition coefficient (Wildman–Crippen LogP) is 3.68. The van der Waals surface area contributed by atoms with E-state index >= 15 is 0 Å². The van der Waals surface area contributed by atoms with Crippen LogP contribution in [0.15, 0.2) is 18.2 Å². The lowest BCUT2D eigenvalue weighted by atomic mass is 10.1. The summed E-state index contributed by atoms with van der Waals surface area (Å²) in [6, 6.07) is 4.82. The molecule has 0 aliphatic rings. The molecule has 0 saturated carbocycles. The van der Waals surface area contributed by atoms with Crippen molar-refractivity contribution >= 4 is 40.7 Å². The van der Waals surface area contributed by atoms with E-state index in [1.165, 1.54) is 11.8 Å². The van der Waals surface area contributed by atoms with E-state index < -0.39 is 6.10 Å². The van der Waals surface area contributed by atoms with Crippen molar-refractivity contribution in [1.29, 1.82) is 0 Å². The van der Waals surface area contributed by atoms with Crippen LogP contribution >= 0.6 is 35.0 Å². The van der Waals surface area contributed by atoms with Crippen LogP contribution in [-0.4, -0.2) is 28.0 Å². The quantitative estimate of drug-likeness (QED) is 0.841. The molecule has 5 heteroatoms. The summed E-state index contributed by atoms with van der Waals surface area (Å²) in [6.45, 7) is 3.59. The van der Waals surface area contributed by atoms with Crippen molar-refractivity contribution < 1.29 is 9.90 Å². The van der Waals surface area contributed by atoms with Gasteiger partial charge in [0, 0.05) is 15.8 Å². The van der Waals surface area contributed by atoms with Crippen molar-refractivity contribution in [2.45, 2.75) is 25.2 Å². The monoisotopic (exact) mass is 292 g/mol. The van der Waals surface area contributed by atoms with Gasteiger partial charge in [0.1, 0.15) is 0 Å². The van der Waals surface area contributed by atoms with Crippen LogP contribution in [0.5, 0.6) is 0 Å². The molecule has 0 radical (unpaired) electrons. The second kappa shape index (κ2) is 6.64. The Bertz CT molecular complexity index is 407. The lowest BCUT2D eigenvalue weighted by Crippen LogP contribution is -2.17. The summed E-state index contributed by atoms with van der Waals surface area (Å²) >= 11 is 13.1. The van der Waals surface area contributed by atoms with Crippen LogP contribution in [0, 0.1) is 0 Å². The molecule has 1 N–H and O–H groups in total. The largest absolute Gasteiger partial charge is 0.392 e. The Morgan fingerprint density at radius 2 is 2.06 bits per heavy atom. The first-order valence-electron chi connectivity index (χ1n) is 5.19. The topological polar surface area (TPSA) is 37.3 Å². The third-order valence-corrected chi connectivity index (χ3v) is 4.28. The normalized spacial score (nSPS) is 14.4. The molecular formula is C12H14Cl2O2S. The Morgan fingerprint density at radius 1 is 1.41 bits per heavy atom. The van der Waals surface area contributed by atoms with Crippen molar-refractivity contribution in [3.63, 3.8) is 0 Å². The van der Waals surface area contributed by atoms with E-state index in [1.807, 2.05) is 6.92 Å². The number of rotatable bonds is 5. The van der Waals surface area contributed by atoms with Crippen LogP contribution in [0.3, 0.4) is 0 Å². The molecule has 0 bridgehead atoms. The molecule has 1 aromatic carbocycles. The van der Waals surface area contributed by atoms with E-state index in [1.54, 1.807) is 25.1 Å². The van der Waals surface area contributed by atoms with Crippen LogP contribution in [0.25, 0.3) is 0 Å². The molecule has 2 atom stereocenters. The Labute approximate surface area is 115 Å². The number of thioether (sulfide) groups is 1. The van der Waals surface area contributed by atoms with E-state index in [-0.39, 0.29) is 11.0 Å². The van der Waals surface area contributed by atoms with Crippen LogP contribution in [0.2, 0.25) is 10.0 Å². The van der Waals surface area contributed by atoms with Gasteiger partial charge in [-0.2, -0.15) is 0 Å². The van der Waals surface area contributed by atoms with Crippen molar-refractivity contribution in [2.75, 3.05) is 5.75 Å². The number of benzene rings is 1. The van der Waals surface area contributed by atoms with Gasteiger partial charge >= 0.3 is 0 Å². The summed E-state index contributed by atoms with van der Waals surface area (Å²) in [6.07, 6.45) is -0.437. The predicted molar refractivity (Wildman–Crippen MR) is 74.4 cm³/mol. The molecule has 0 spiro atoms. The van der Waals surface area contributed by atoms with Crippen LogP contribution in [-0.2, 0) is 0 Å². The molecule has 0 aromatic heterocycles. The van der Waals surface area contributed by atoms with Crippen molar-refractivity contribution in [3.05, 3.63) is 33.8 Å². The molecule has 0 aliphatic carbocycles. The molecule has 2 unspecified atom stereocenters. The molecule has 1 aromatic rings. The number of halogens is 2. The first-order valence-corrected chi connectivity index (χ1v) is 7.00. The fourth-order valence-electron chi connectivity index (χ4n) is 1.14. The fourth-order valence-corrected chi connectivity index (χ4v) is 2.50. The zero-order valence-electron chi connectivity index (χ0n) is 9.61. The Morgan fingerprint density at radius 3 is 2.59 bits per heavy atom. The van der Waals surface area contributed by atoms with E-state index in [0.717, 1.165) is 0 Å². The molecule has 0 fully saturated rings. The zero-order valence-corrected chi connectivity index (χ0v) is 11.9. The van der Waals surface area contributed by atoms with Crippen molar-refractivity contribution in [2.24, 2.45) is 0 Å². The van der Waals surface area contributed by atoms with Gasteiger partial charge in [-0.3, -0.25) is 4.79 Å². The van der Waals surface area contributed by atoms with Gasteiger partial charge in [0.15, 0.2) is 5.78 Å². The average Bonchev–Trinajstić information content (AvgIpc) is 2.25. The number of aliphatic hydroxyl groups is 1. The number of hydrogen-bond acceptors (Lipinski definition) is 3. The van der Waals surface area contributed by atoms with Crippen LogP contribution in [0.1, 0.15) is 24.2 Å². The third-order valence-electron chi connectivity index (χ3n) is 2.39. The smallest absolute Gasteiger partial charge is 0.174 e. The number of carbonyl (C=O) groups is 1. The van der Waals surface area contributed by atoms with Gasteiger partial charge in [0.25, 0.3) is 0 Å². The summed E-state index contributed by atoms with van der Waals surface area (Å²) in [7, 11) is 0. The second-order valence-corrected chi connectivity index (χ2v) is 6.01. The maximum absolute atomic E-state index is 11.9. The fraction of sp³-hybridized carbons (Fsp3) is 0.417. The van der Waals surface area contributed by atoms with Gasteiger partial charge in [0.2, 0.25) is 0 Å². The Hall–Kier alpha value is -0.220. The van der Waals surface area contributed by atoms with Gasteiger partial charge in [-0.15, -0.1) is 11.8 Å². The van der Waals surface area contributed by atoms with E-state index in [0.29, 0.717) is 21.4 Å². The first kappa shape index (κ1) is 14.8. The SMILES string of the molecule is CC(O)C(C)SCC(=O)c1ccc(Cl)cc1Cl. The van der Waals surface area contributed by atoms with Crippen molar-refractivity contribution in [3.8, 4) is 0 Å². The molecule has 0 amide bonds. The summed E-state index contributed by atoms with van der Waals surface area (Å²) in [4.78, 5) is 11.9. The Kier molecular flexibility index (Phi) is 5.80. The van der Waals surface area contributed by atoms with Crippen LogP contribution < -0.4 is 0 Å². The van der Waals surface area contributed by atoms with Gasteiger partial charge in [-0.1, -0.05) is 30.1 Å². The van der Waals surface area contributed by atoms with Gasteiger partial charge in [-0.05, 0) is 25.1 Å². The van der Waals surface area contributed by atoms with Crippen molar-refractivity contribution in [1.82, 2.24) is 0 Å². The van der Waals surface area contributed by atoms with Gasteiger partial charge in [-0.25, -0.2) is 0 Å². The molecular weight excluding hydrogens is 279 g/mol. The average molecular weight is 293 g/mol. The lowest BCUT2D eigenvalue weighted by molar-refractivity contribution is 0.102. The standard InChI is InChI=1S/C12H14Cl2O2S/c1-7(15)8(2)17-6-12(16)10-4-3-9(13)5-11(10)14/h3-5,7-8,15H,6H2,1-2H3. The molecule has 0 saturated heterocycles. The highest BCUT2D eigenvalue weighted by Crippen LogP contribution is 2.23. The minimum Gasteiger partial charge on any atom is -0.392 e. The minimum atomic E-state index is -0.437. The van der Waals surface area contributed by atoms with Gasteiger partial charge < -0.3 is 5.11 Å². The van der Waals surface area contributed by atoms with Gasteiger partial charge in [0.05, 0.1) is 16.9 Å². The summed E-state index contributed by atoms with van der Waals surface area (Å²) in [5, 5.41) is 10.2. The number of carbonyl (C=O) groups excluding carboxylic acids is 1. The highest BCUT2D eigenvalue weighted by molar-refractivity contribution is 8.00. The summed E-state index contributed by atoms with van der Waals surface area (Å²) < 4.78 is 0. The van der Waals surface area contributed by atoms with E-state index in [9.17, 15) is 9.90 Å². The van der Waals surface area contributed by atoms with Crippen LogP contribution in [0.4, 0.5) is 0 Å². The maximum Gasteiger partial charge on any atom is 0.174 e. The first-order chi connectivity index (χ1) is 7.91. The number of ketones is 1. The highest BCUT2D eigenvalue weighted by Gasteiger charge is 2.15. The maximum atomic E-state index is 11.9. The zero-order chi connectivity index (χ0) is 13.0. The van der Waals surface area contributed by atoms with E-state index in [2.05, 4.69) is 0 Å². The molecule has 17 heavy (non-hydrogen) atoms. The number of aliphatic hydroxyl groups excluding tert-OH is 1. The summed E-state index contributed by atoms with van der Waals surface area (Å²) in [5.41, 5.74) is 0.473. The van der Waals surface area contributed by atoms with E-state index in [4.69, 9.17) is 23.2 Å². The number of hydrogen-bond donors (Lipinski definition) is 1.